The predicted molar refractivity (Wildman–Crippen MR) is 106 cm³/mol. The van der Waals surface area contributed by atoms with Crippen molar-refractivity contribution in [3.05, 3.63) is 35.4 Å². The number of rotatable bonds is 7. The summed E-state index contributed by atoms with van der Waals surface area (Å²) < 4.78 is 43.6. The van der Waals surface area contributed by atoms with Crippen LogP contribution < -0.4 is 10.6 Å². The van der Waals surface area contributed by atoms with Crippen LogP contribution >= 0.6 is 24.0 Å². The first-order valence-electron chi connectivity index (χ1n) is 7.82. The van der Waals surface area contributed by atoms with Gasteiger partial charge in [-0.2, -0.15) is 13.2 Å². The number of nitrogens with one attached hydrogen (secondary N) is 2. The molecular formula is C17H27F3IN3O. The first-order chi connectivity index (χ1) is 11.2. The Balaban J connectivity index is 0.00000576. The van der Waals surface area contributed by atoms with Crippen molar-refractivity contribution in [3.8, 4) is 0 Å². The molecule has 0 atom stereocenters. The molecule has 0 aliphatic heterocycles. The standard InChI is InChI=1S/C17H26F3N3O.HI/c1-16(2,12-23-15(21-3)22-9-6-10-24-4)13-7-5-8-14(11-13)17(18,19)20;/h5,7-8,11H,6,9-10,12H2,1-4H3,(H2,21,22,23);1H. The van der Waals surface area contributed by atoms with E-state index >= 15 is 0 Å². The van der Waals surface area contributed by atoms with E-state index in [0.717, 1.165) is 12.5 Å². The fourth-order valence-electron chi connectivity index (χ4n) is 2.17. The van der Waals surface area contributed by atoms with Crippen molar-refractivity contribution in [3.63, 3.8) is 0 Å². The maximum Gasteiger partial charge on any atom is 0.416 e. The van der Waals surface area contributed by atoms with Crippen LogP contribution in [0.2, 0.25) is 0 Å². The van der Waals surface area contributed by atoms with Gasteiger partial charge in [0.05, 0.1) is 5.56 Å². The largest absolute Gasteiger partial charge is 0.416 e. The van der Waals surface area contributed by atoms with Gasteiger partial charge in [-0.1, -0.05) is 32.0 Å². The number of methoxy groups -OCH3 is 1. The van der Waals surface area contributed by atoms with Crippen molar-refractivity contribution in [2.45, 2.75) is 31.9 Å². The third-order valence-electron chi connectivity index (χ3n) is 3.71. The van der Waals surface area contributed by atoms with E-state index in [9.17, 15) is 13.2 Å². The molecule has 0 aromatic heterocycles. The third kappa shape index (κ3) is 8.26. The topological polar surface area (TPSA) is 45.7 Å². The summed E-state index contributed by atoms with van der Waals surface area (Å²) in [6.07, 6.45) is -3.49. The molecule has 0 saturated carbocycles. The third-order valence-corrected chi connectivity index (χ3v) is 3.71. The van der Waals surface area contributed by atoms with E-state index in [2.05, 4.69) is 15.6 Å². The first-order valence-corrected chi connectivity index (χ1v) is 7.82. The van der Waals surface area contributed by atoms with Gasteiger partial charge in [-0.15, -0.1) is 24.0 Å². The first kappa shape index (κ1) is 24.0. The maximum absolute atomic E-state index is 12.9. The number of nitrogens with zero attached hydrogens (tertiary/aromatic N) is 1. The lowest BCUT2D eigenvalue weighted by molar-refractivity contribution is -0.137. The van der Waals surface area contributed by atoms with Crippen LogP contribution in [0.5, 0.6) is 0 Å². The van der Waals surface area contributed by atoms with Gasteiger partial charge in [0.2, 0.25) is 0 Å². The summed E-state index contributed by atoms with van der Waals surface area (Å²) in [4.78, 5) is 4.11. The summed E-state index contributed by atoms with van der Waals surface area (Å²) in [5.74, 6) is 0.617. The molecule has 0 bridgehead atoms. The van der Waals surface area contributed by atoms with Gasteiger partial charge in [0.25, 0.3) is 0 Å². The molecule has 0 aliphatic rings. The van der Waals surface area contributed by atoms with Gasteiger partial charge in [0.15, 0.2) is 5.96 Å². The summed E-state index contributed by atoms with van der Waals surface area (Å²) in [5.41, 5.74) is -0.486. The van der Waals surface area contributed by atoms with Crippen LogP contribution in [0.15, 0.2) is 29.3 Å². The van der Waals surface area contributed by atoms with Crippen molar-refractivity contribution in [1.29, 1.82) is 0 Å². The van der Waals surface area contributed by atoms with Crippen LogP contribution in [0, 0.1) is 0 Å². The molecule has 0 unspecified atom stereocenters. The highest BCUT2D eigenvalue weighted by Gasteiger charge is 2.32. The highest BCUT2D eigenvalue weighted by atomic mass is 127. The second-order valence-corrected chi connectivity index (χ2v) is 6.16. The Morgan fingerprint density at radius 2 is 1.80 bits per heavy atom. The molecule has 1 aromatic rings. The monoisotopic (exact) mass is 473 g/mol. The van der Waals surface area contributed by atoms with E-state index in [1.54, 1.807) is 20.2 Å². The fourth-order valence-corrected chi connectivity index (χ4v) is 2.17. The molecule has 0 radical (unpaired) electrons. The van der Waals surface area contributed by atoms with Gasteiger partial charge in [-0.05, 0) is 18.1 Å². The Kier molecular flexibility index (Phi) is 10.4. The van der Waals surface area contributed by atoms with Crippen molar-refractivity contribution in [2.75, 3.05) is 33.9 Å². The van der Waals surface area contributed by atoms with E-state index in [0.29, 0.717) is 31.2 Å². The highest BCUT2D eigenvalue weighted by Crippen LogP contribution is 2.32. The minimum absolute atomic E-state index is 0. The van der Waals surface area contributed by atoms with Crippen LogP contribution in [0.25, 0.3) is 0 Å². The van der Waals surface area contributed by atoms with Crippen LogP contribution in [0.1, 0.15) is 31.4 Å². The molecule has 0 amide bonds. The summed E-state index contributed by atoms with van der Waals surface area (Å²) in [6.45, 7) is 5.61. The lowest BCUT2D eigenvalue weighted by atomic mass is 9.84. The second-order valence-electron chi connectivity index (χ2n) is 6.16. The summed E-state index contributed by atoms with van der Waals surface area (Å²) >= 11 is 0. The lowest BCUT2D eigenvalue weighted by Crippen LogP contribution is -2.43. The number of guanidine groups is 1. The number of aliphatic imine (C=N–C) groups is 1. The SMILES string of the molecule is CN=C(NCCCOC)NCC(C)(C)c1cccc(C(F)(F)F)c1.I. The van der Waals surface area contributed by atoms with Crippen molar-refractivity contribution >= 4 is 29.9 Å². The van der Waals surface area contributed by atoms with Gasteiger partial charge < -0.3 is 15.4 Å². The van der Waals surface area contributed by atoms with Gasteiger partial charge in [0.1, 0.15) is 0 Å². The Hall–Kier alpha value is -1.03. The normalized spacial score (nSPS) is 12.5. The number of hydrogen-bond donors (Lipinski definition) is 2. The minimum Gasteiger partial charge on any atom is -0.385 e. The quantitative estimate of drug-likeness (QED) is 0.274. The van der Waals surface area contributed by atoms with Gasteiger partial charge >= 0.3 is 6.18 Å². The molecule has 25 heavy (non-hydrogen) atoms. The Labute approximate surface area is 164 Å². The van der Waals surface area contributed by atoms with Crippen LogP contribution in [0.3, 0.4) is 0 Å². The molecule has 2 N–H and O–H groups in total. The summed E-state index contributed by atoms with van der Waals surface area (Å²) in [7, 11) is 3.30. The Morgan fingerprint density at radius 1 is 1.16 bits per heavy atom. The highest BCUT2D eigenvalue weighted by molar-refractivity contribution is 14.0. The minimum atomic E-state index is -4.33. The van der Waals surface area contributed by atoms with E-state index in [4.69, 9.17) is 4.74 Å². The molecule has 0 spiro atoms. The van der Waals surface area contributed by atoms with Crippen LogP contribution in [0.4, 0.5) is 13.2 Å². The zero-order valence-electron chi connectivity index (χ0n) is 15.0. The van der Waals surface area contributed by atoms with Crippen molar-refractivity contribution in [1.82, 2.24) is 10.6 Å². The van der Waals surface area contributed by atoms with Crippen molar-refractivity contribution < 1.29 is 17.9 Å². The molecule has 0 aliphatic carbocycles. The zero-order chi connectivity index (χ0) is 18.2. The molecule has 1 rings (SSSR count). The predicted octanol–water partition coefficient (Wildman–Crippen LogP) is 3.80. The number of hydrogen-bond acceptors (Lipinski definition) is 2. The molecule has 1 aromatic carbocycles. The van der Waals surface area contributed by atoms with Gasteiger partial charge in [-0.25, -0.2) is 0 Å². The zero-order valence-corrected chi connectivity index (χ0v) is 17.4. The maximum atomic E-state index is 12.9. The molecule has 0 saturated heterocycles. The molecule has 144 valence electrons. The smallest absolute Gasteiger partial charge is 0.385 e. The lowest BCUT2D eigenvalue weighted by Gasteiger charge is -2.27. The second kappa shape index (κ2) is 10.8. The molecule has 0 fully saturated rings. The average molecular weight is 473 g/mol. The number of benzene rings is 1. The van der Waals surface area contributed by atoms with Crippen LogP contribution in [-0.4, -0.2) is 39.8 Å². The number of ether oxygens (including phenoxy) is 1. The molecular weight excluding hydrogens is 446 g/mol. The van der Waals surface area contributed by atoms with E-state index in [1.807, 2.05) is 13.8 Å². The van der Waals surface area contributed by atoms with E-state index in [-0.39, 0.29) is 24.0 Å². The van der Waals surface area contributed by atoms with Gasteiger partial charge in [-0.3, -0.25) is 4.99 Å². The van der Waals surface area contributed by atoms with E-state index < -0.39 is 17.2 Å². The summed E-state index contributed by atoms with van der Waals surface area (Å²) in [5, 5.41) is 6.30. The Bertz CT molecular complexity index is 548. The van der Waals surface area contributed by atoms with Gasteiger partial charge in [0, 0.05) is 39.3 Å². The fraction of sp³-hybridized carbons (Fsp3) is 0.588. The summed E-state index contributed by atoms with van der Waals surface area (Å²) in [6, 6.07) is 5.45. The molecule has 4 nitrogen and oxygen atoms in total. The van der Waals surface area contributed by atoms with E-state index in [1.165, 1.54) is 12.1 Å². The molecule has 8 heteroatoms. The van der Waals surface area contributed by atoms with Crippen molar-refractivity contribution in [2.24, 2.45) is 4.99 Å². The average Bonchev–Trinajstić information content (AvgIpc) is 2.53. The Morgan fingerprint density at radius 3 is 2.36 bits per heavy atom. The number of alkyl halides is 3. The van der Waals surface area contributed by atoms with Crippen LogP contribution in [-0.2, 0) is 16.3 Å². The number of halogens is 4. The molecule has 0 heterocycles.